The van der Waals surface area contributed by atoms with Crippen molar-refractivity contribution in [2.24, 2.45) is 0 Å². The lowest BCUT2D eigenvalue weighted by atomic mass is 10.1. The average molecular weight is 487 g/mol. The maximum atomic E-state index is 12.7. The minimum absolute atomic E-state index is 0.0824. The molecule has 1 atom stereocenters. The largest absolute Gasteiger partial charge is 0.469 e. The normalized spacial score (nSPS) is 12.6. The molecule has 0 N–H and O–H groups in total. The van der Waals surface area contributed by atoms with E-state index in [0.29, 0.717) is 6.42 Å². The molecule has 0 saturated carbocycles. The first-order valence-corrected chi connectivity index (χ1v) is 14.7. The first-order chi connectivity index (χ1) is 15.4. The van der Waals surface area contributed by atoms with Gasteiger partial charge in [0.15, 0.2) is 0 Å². The quantitative estimate of drug-likeness (QED) is 0.128. The Morgan fingerprint density at radius 1 is 0.938 bits per heavy atom. The highest BCUT2D eigenvalue weighted by Crippen LogP contribution is 2.20. The van der Waals surface area contributed by atoms with E-state index in [1.54, 1.807) is 11.8 Å². The predicted octanol–water partition coefficient (Wildman–Crippen LogP) is 6.43. The number of methoxy groups -OCH3 is 1. The third-order valence-electron chi connectivity index (χ3n) is 5.36. The Hall–Kier alpha value is -1.05. The molecule has 1 aromatic rings. The number of carbonyl (C=O) groups is 1. The van der Waals surface area contributed by atoms with Gasteiger partial charge in [0, 0.05) is 6.42 Å². The number of rotatable bonds is 19. The van der Waals surface area contributed by atoms with Crippen LogP contribution >= 0.6 is 11.8 Å². The Bertz CT molecular complexity index is 716. The van der Waals surface area contributed by atoms with Gasteiger partial charge in [0.25, 0.3) is 10.1 Å². The Morgan fingerprint density at radius 2 is 1.62 bits per heavy atom. The van der Waals surface area contributed by atoms with E-state index in [1.165, 1.54) is 32.8 Å². The summed E-state index contributed by atoms with van der Waals surface area (Å²) < 4.78 is 35.7. The fourth-order valence-electron chi connectivity index (χ4n) is 3.42. The molecule has 184 valence electrons. The molecule has 0 amide bonds. The highest BCUT2D eigenvalue weighted by molar-refractivity contribution is 7.99. The van der Waals surface area contributed by atoms with Gasteiger partial charge >= 0.3 is 5.97 Å². The van der Waals surface area contributed by atoms with Crippen molar-refractivity contribution in [3.8, 4) is 0 Å². The minimum Gasteiger partial charge on any atom is -0.469 e. The monoisotopic (exact) mass is 486 g/mol. The Balaban J connectivity index is 2.46. The van der Waals surface area contributed by atoms with Crippen LogP contribution in [0.3, 0.4) is 0 Å². The molecule has 0 saturated heterocycles. The number of unbranched alkanes of at least 4 members (excludes halogenated alkanes) is 6. The van der Waals surface area contributed by atoms with Crippen LogP contribution in [0.1, 0.15) is 88.7 Å². The molecule has 0 radical (unpaired) electrons. The molecule has 0 bridgehead atoms. The summed E-state index contributed by atoms with van der Waals surface area (Å²) in [6, 6.07) is 7.55. The van der Waals surface area contributed by atoms with Gasteiger partial charge in [-0.2, -0.15) is 20.2 Å². The zero-order valence-corrected chi connectivity index (χ0v) is 21.8. The summed E-state index contributed by atoms with van der Waals surface area (Å²) >= 11 is 1.80. The third kappa shape index (κ3) is 14.9. The second-order valence-corrected chi connectivity index (χ2v) is 11.2. The van der Waals surface area contributed by atoms with Crippen LogP contribution in [-0.4, -0.2) is 39.1 Å². The number of carbonyl (C=O) groups excluding carboxylic acids is 1. The highest BCUT2D eigenvalue weighted by Gasteiger charge is 2.20. The van der Waals surface area contributed by atoms with E-state index in [0.717, 1.165) is 61.2 Å². The van der Waals surface area contributed by atoms with Crippen LogP contribution in [-0.2, 0) is 29.6 Å². The maximum absolute atomic E-state index is 12.7. The molecule has 1 unspecified atom stereocenters. The van der Waals surface area contributed by atoms with Crippen molar-refractivity contribution >= 4 is 27.8 Å². The van der Waals surface area contributed by atoms with E-state index >= 15 is 0 Å². The van der Waals surface area contributed by atoms with E-state index in [1.807, 2.05) is 31.2 Å². The van der Waals surface area contributed by atoms with Crippen LogP contribution < -0.4 is 0 Å². The number of thioether (sulfide) groups is 1. The summed E-state index contributed by atoms with van der Waals surface area (Å²) in [6.07, 6.45) is 10.5. The van der Waals surface area contributed by atoms with Crippen molar-refractivity contribution in [3.63, 3.8) is 0 Å². The van der Waals surface area contributed by atoms with Gasteiger partial charge in [0.2, 0.25) is 0 Å². The molecule has 0 aromatic heterocycles. The zero-order chi connectivity index (χ0) is 23.7. The maximum Gasteiger partial charge on any atom is 0.305 e. The van der Waals surface area contributed by atoms with E-state index in [9.17, 15) is 13.2 Å². The van der Waals surface area contributed by atoms with Crippen molar-refractivity contribution in [2.75, 3.05) is 18.6 Å². The molecule has 1 rings (SSSR count). The number of hydrogen-bond donors (Lipinski definition) is 0. The molecular formula is C25H42O5S2. The SMILES string of the molecule is CCCCCCCCC(CCSCCCCC(=O)OC)OS(=O)(=O)Cc1ccc(C)cc1. The summed E-state index contributed by atoms with van der Waals surface area (Å²) in [4.78, 5) is 11.2. The molecule has 0 aliphatic carbocycles. The fourth-order valence-corrected chi connectivity index (χ4v) is 5.73. The Kier molecular flexibility index (Phi) is 15.8. The first-order valence-electron chi connectivity index (χ1n) is 12.0. The second-order valence-electron chi connectivity index (χ2n) is 8.40. The van der Waals surface area contributed by atoms with Gasteiger partial charge in [-0.15, -0.1) is 0 Å². The molecular weight excluding hydrogens is 444 g/mol. The van der Waals surface area contributed by atoms with Crippen LogP contribution in [0, 0.1) is 6.92 Å². The summed E-state index contributed by atoms with van der Waals surface area (Å²) in [5.74, 6) is 1.57. The molecule has 5 nitrogen and oxygen atoms in total. The number of esters is 1. The molecule has 7 heteroatoms. The standard InChI is InChI=1S/C25H42O5S2/c1-4-5-6-7-8-9-12-24(18-20-31-19-11-10-13-25(26)29-3)30-32(27,28)21-23-16-14-22(2)15-17-23/h14-17,24H,4-13,18-21H2,1-3H3. The summed E-state index contributed by atoms with van der Waals surface area (Å²) in [5.41, 5.74) is 1.87. The molecule has 0 fully saturated rings. The number of ether oxygens (including phenoxy) is 1. The van der Waals surface area contributed by atoms with Gasteiger partial charge in [-0.05, 0) is 49.7 Å². The van der Waals surface area contributed by atoms with E-state index in [2.05, 4.69) is 11.7 Å². The minimum atomic E-state index is -3.62. The van der Waals surface area contributed by atoms with Gasteiger partial charge in [-0.1, -0.05) is 75.3 Å². The molecule has 0 aliphatic heterocycles. The number of hydrogen-bond acceptors (Lipinski definition) is 6. The van der Waals surface area contributed by atoms with Crippen LogP contribution in [0.5, 0.6) is 0 Å². The Morgan fingerprint density at radius 3 is 2.31 bits per heavy atom. The van der Waals surface area contributed by atoms with Gasteiger partial charge in [-0.25, -0.2) is 0 Å². The van der Waals surface area contributed by atoms with Crippen LogP contribution in [0.25, 0.3) is 0 Å². The van der Waals surface area contributed by atoms with E-state index in [4.69, 9.17) is 4.18 Å². The lowest BCUT2D eigenvalue weighted by Gasteiger charge is -2.18. The summed E-state index contributed by atoms with van der Waals surface area (Å²) in [5, 5.41) is 0. The smallest absolute Gasteiger partial charge is 0.305 e. The average Bonchev–Trinajstić information content (AvgIpc) is 2.76. The highest BCUT2D eigenvalue weighted by atomic mass is 32.2. The second kappa shape index (κ2) is 17.4. The predicted molar refractivity (Wildman–Crippen MR) is 134 cm³/mol. The first kappa shape index (κ1) is 29.0. The topological polar surface area (TPSA) is 69.7 Å². The van der Waals surface area contributed by atoms with Crippen LogP contribution in [0.15, 0.2) is 24.3 Å². The summed E-state index contributed by atoms with van der Waals surface area (Å²) in [6.45, 7) is 4.19. The van der Waals surface area contributed by atoms with E-state index < -0.39 is 10.1 Å². The van der Waals surface area contributed by atoms with Crippen molar-refractivity contribution in [2.45, 2.75) is 96.3 Å². The number of aryl methyl sites for hydroxylation is 1. The zero-order valence-electron chi connectivity index (χ0n) is 20.1. The van der Waals surface area contributed by atoms with Gasteiger partial charge in [0.1, 0.15) is 5.75 Å². The fraction of sp³-hybridized carbons (Fsp3) is 0.720. The number of benzene rings is 1. The molecule has 0 aliphatic rings. The third-order valence-corrected chi connectivity index (χ3v) is 7.71. The Labute approximate surface area is 200 Å². The molecule has 32 heavy (non-hydrogen) atoms. The molecule has 1 aromatic carbocycles. The van der Waals surface area contributed by atoms with Crippen LogP contribution in [0.4, 0.5) is 0 Å². The van der Waals surface area contributed by atoms with Crippen LogP contribution in [0.2, 0.25) is 0 Å². The lowest BCUT2D eigenvalue weighted by Crippen LogP contribution is -2.21. The molecule has 0 spiro atoms. The lowest BCUT2D eigenvalue weighted by molar-refractivity contribution is -0.140. The van der Waals surface area contributed by atoms with Crippen molar-refractivity contribution in [3.05, 3.63) is 35.4 Å². The van der Waals surface area contributed by atoms with Crippen molar-refractivity contribution in [1.82, 2.24) is 0 Å². The van der Waals surface area contributed by atoms with Crippen molar-refractivity contribution in [1.29, 1.82) is 0 Å². The van der Waals surface area contributed by atoms with E-state index in [-0.39, 0.29) is 17.8 Å². The van der Waals surface area contributed by atoms with Gasteiger partial charge in [-0.3, -0.25) is 8.98 Å². The van der Waals surface area contributed by atoms with Crippen molar-refractivity contribution < 1.29 is 22.1 Å². The van der Waals surface area contributed by atoms with Gasteiger partial charge < -0.3 is 4.74 Å². The van der Waals surface area contributed by atoms with Gasteiger partial charge in [0.05, 0.1) is 13.2 Å². The molecule has 0 heterocycles. The summed E-state index contributed by atoms with van der Waals surface area (Å²) in [7, 11) is -2.21.